The number of halogens is 1. The molecule has 1 aromatic carbocycles. The van der Waals surface area contributed by atoms with E-state index < -0.39 is 0 Å². The monoisotopic (exact) mass is 341 g/mol. The van der Waals surface area contributed by atoms with E-state index >= 15 is 0 Å². The van der Waals surface area contributed by atoms with E-state index in [0.717, 1.165) is 4.47 Å². The standard InChI is InChI=1S/C12H12BrN3O2S/c1-3-4-18-11-8(7-15-16-12(14)19)5-9(13)6-10(11)17-2/h1,5-7H,4H2,2H3,(H3,14,16,19)/b15-7-. The number of terminal acetylenes is 1. The molecule has 0 radical (unpaired) electrons. The molecule has 1 rings (SSSR count). The molecule has 5 nitrogen and oxygen atoms in total. The van der Waals surface area contributed by atoms with Gasteiger partial charge in [0.1, 0.15) is 6.61 Å². The SMILES string of the molecule is C#CCOc1c(/C=N\NC(N)=S)cc(Br)cc1OC. The highest BCUT2D eigenvalue weighted by Gasteiger charge is 2.11. The van der Waals surface area contributed by atoms with E-state index in [9.17, 15) is 0 Å². The number of hydrogen-bond acceptors (Lipinski definition) is 4. The molecule has 0 saturated carbocycles. The fourth-order valence-electron chi connectivity index (χ4n) is 1.27. The zero-order valence-electron chi connectivity index (χ0n) is 10.1. The summed E-state index contributed by atoms with van der Waals surface area (Å²) in [7, 11) is 1.54. The van der Waals surface area contributed by atoms with Gasteiger partial charge in [0, 0.05) is 10.0 Å². The van der Waals surface area contributed by atoms with Crippen LogP contribution < -0.4 is 20.6 Å². The third kappa shape index (κ3) is 4.77. The summed E-state index contributed by atoms with van der Waals surface area (Å²) in [6.07, 6.45) is 6.70. The minimum atomic E-state index is 0.0734. The Morgan fingerprint density at radius 2 is 2.42 bits per heavy atom. The summed E-state index contributed by atoms with van der Waals surface area (Å²) < 4.78 is 11.5. The van der Waals surface area contributed by atoms with Crippen LogP contribution in [0.4, 0.5) is 0 Å². The van der Waals surface area contributed by atoms with Gasteiger partial charge in [-0.15, -0.1) is 6.42 Å². The van der Waals surface area contributed by atoms with Crippen molar-refractivity contribution in [3.63, 3.8) is 0 Å². The summed E-state index contributed by atoms with van der Waals surface area (Å²) in [5.74, 6) is 3.43. The van der Waals surface area contributed by atoms with Crippen LogP contribution in [0.1, 0.15) is 5.56 Å². The fraction of sp³-hybridized carbons (Fsp3) is 0.167. The first-order valence-electron chi connectivity index (χ1n) is 5.10. The largest absolute Gasteiger partial charge is 0.493 e. The third-order valence-corrected chi connectivity index (χ3v) is 2.50. The van der Waals surface area contributed by atoms with Gasteiger partial charge < -0.3 is 15.2 Å². The van der Waals surface area contributed by atoms with Crippen LogP contribution in [0.3, 0.4) is 0 Å². The van der Waals surface area contributed by atoms with E-state index in [2.05, 4.69) is 44.6 Å². The maximum atomic E-state index is 5.46. The highest BCUT2D eigenvalue weighted by atomic mass is 79.9. The molecule has 0 aliphatic carbocycles. The number of nitrogens with one attached hydrogen (secondary N) is 1. The number of benzene rings is 1. The smallest absolute Gasteiger partial charge is 0.184 e. The van der Waals surface area contributed by atoms with Gasteiger partial charge >= 0.3 is 0 Å². The molecule has 100 valence electrons. The Kier molecular flexibility index (Phi) is 6.12. The number of hydrogen-bond donors (Lipinski definition) is 2. The lowest BCUT2D eigenvalue weighted by Gasteiger charge is -2.12. The van der Waals surface area contributed by atoms with E-state index in [0.29, 0.717) is 17.1 Å². The normalized spacial score (nSPS) is 9.95. The second kappa shape index (κ2) is 7.61. The minimum absolute atomic E-state index is 0.0734. The first kappa shape index (κ1) is 15.3. The molecule has 0 aliphatic heterocycles. The van der Waals surface area contributed by atoms with Crippen LogP contribution in [0.5, 0.6) is 11.5 Å². The molecule has 1 aromatic rings. The van der Waals surface area contributed by atoms with Gasteiger partial charge in [0.15, 0.2) is 16.6 Å². The van der Waals surface area contributed by atoms with Crippen molar-refractivity contribution in [1.29, 1.82) is 0 Å². The quantitative estimate of drug-likeness (QED) is 0.369. The number of methoxy groups -OCH3 is 1. The van der Waals surface area contributed by atoms with Crippen LogP contribution >= 0.6 is 28.1 Å². The molecule has 3 N–H and O–H groups in total. The molecular weight excluding hydrogens is 330 g/mol. The highest BCUT2D eigenvalue weighted by molar-refractivity contribution is 9.10. The van der Waals surface area contributed by atoms with Crippen molar-refractivity contribution in [3.05, 3.63) is 22.2 Å². The van der Waals surface area contributed by atoms with Crippen LogP contribution in [-0.4, -0.2) is 25.0 Å². The summed E-state index contributed by atoms with van der Waals surface area (Å²) in [6.45, 7) is 0.127. The zero-order chi connectivity index (χ0) is 14.3. The Morgan fingerprint density at radius 3 is 3.00 bits per heavy atom. The average molecular weight is 342 g/mol. The number of nitrogens with two attached hydrogens (primary N) is 1. The van der Waals surface area contributed by atoms with Gasteiger partial charge in [-0.3, -0.25) is 5.43 Å². The molecule has 0 unspecified atom stereocenters. The Balaban J connectivity index is 3.11. The maximum Gasteiger partial charge on any atom is 0.184 e. The molecule has 7 heteroatoms. The lowest BCUT2D eigenvalue weighted by molar-refractivity contribution is 0.330. The Labute approximate surface area is 125 Å². The van der Waals surface area contributed by atoms with Gasteiger partial charge in [-0.2, -0.15) is 5.10 Å². The molecule has 0 amide bonds. The van der Waals surface area contributed by atoms with Crippen molar-refractivity contribution < 1.29 is 9.47 Å². The van der Waals surface area contributed by atoms with Gasteiger partial charge in [-0.25, -0.2) is 0 Å². The van der Waals surface area contributed by atoms with Crippen molar-refractivity contribution >= 4 is 39.5 Å². The molecule has 0 spiro atoms. The molecule has 19 heavy (non-hydrogen) atoms. The van der Waals surface area contributed by atoms with Crippen LogP contribution in [0.2, 0.25) is 0 Å². The molecular formula is C12H12BrN3O2S. The van der Waals surface area contributed by atoms with Crippen LogP contribution in [0.25, 0.3) is 0 Å². The third-order valence-electron chi connectivity index (χ3n) is 1.95. The van der Waals surface area contributed by atoms with Crippen molar-refractivity contribution in [3.8, 4) is 23.8 Å². The Bertz CT molecular complexity index is 541. The zero-order valence-corrected chi connectivity index (χ0v) is 12.5. The van der Waals surface area contributed by atoms with Gasteiger partial charge in [0.05, 0.1) is 13.3 Å². The number of rotatable bonds is 5. The lowest BCUT2D eigenvalue weighted by atomic mass is 10.2. The van der Waals surface area contributed by atoms with Crippen molar-refractivity contribution in [2.75, 3.05) is 13.7 Å². The van der Waals surface area contributed by atoms with Gasteiger partial charge in [-0.05, 0) is 24.4 Å². The van der Waals surface area contributed by atoms with Gasteiger partial charge in [-0.1, -0.05) is 21.9 Å². The van der Waals surface area contributed by atoms with E-state index in [-0.39, 0.29) is 11.7 Å². The van der Waals surface area contributed by atoms with E-state index in [1.165, 1.54) is 6.21 Å². The second-order valence-corrected chi connectivity index (χ2v) is 4.61. The summed E-state index contributed by atoms with van der Waals surface area (Å²) >= 11 is 8.02. The summed E-state index contributed by atoms with van der Waals surface area (Å²) in [6, 6.07) is 3.57. The van der Waals surface area contributed by atoms with E-state index in [1.54, 1.807) is 19.2 Å². The number of hydrazone groups is 1. The van der Waals surface area contributed by atoms with Crippen molar-refractivity contribution in [1.82, 2.24) is 5.43 Å². The first-order valence-corrected chi connectivity index (χ1v) is 6.31. The van der Waals surface area contributed by atoms with Crippen molar-refractivity contribution in [2.45, 2.75) is 0 Å². The van der Waals surface area contributed by atoms with E-state index in [4.69, 9.17) is 21.6 Å². The summed E-state index contributed by atoms with van der Waals surface area (Å²) in [5, 5.41) is 3.95. The minimum Gasteiger partial charge on any atom is -0.493 e. The Morgan fingerprint density at radius 1 is 1.68 bits per heavy atom. The molecule has 0 bridgehead atoms. The predicted molar refractivity (Wildman–Crippen MR) is 82.5 cm³/mol. The van der Waals surface area contributed by atoms with Gasteiger partial charge in [0.2, 0.25) is 0 Å². The molecule has 0 aliphatic rings. The highest BCUT2D eigenvalue weighted by Crippen LogP contribution is 2.33. The number of ether oxygens (including phenoxy) is 2. The fourth-order valence-corrected chi connectivity index (χ4v) is 1.78. The topological polar surface area (TPSA) is 68.9 Å². The lowest BCUT2D eigenvalue weighted by Crippen LogP contribution is -2.24. The van der Waals surface area contributed by atoms with Crippen LogP contribution in [0.15, 0.2) is 21.7 Å². The molecule has 0 saturated heterocycles. The van der Waals surface area contributed by atoms with Crippen LogP contribution in [-0.2, 0) is 0 Å². The second-order valence-electron chi connectivity index (χ2n) is 3.25. The number of nitrogens with zero attached hydrogens (tertiary/aromatic N) is 1. The number of thiocarbonyl (C=S) groups is 1. The predicted octanol–water partition coefficient (Wildman–Crippen LogP) is 1.64. The van der Waals surface area contributed by atoms with E-state index in [1.807, 2.05) is 0 Å². The maximum absolute atomic E-state index is 5.46. The summed E-state index contributed by atoms with van der Waals surface area (Å²) in [5.41, 5.74) is 8.41. The van der Waals surface area contributed by atoms with Crippen molar-refractivity contribution in [2.24, 2.45) is 10.8 Å². The average Bonchev–Trinajstić information content (AvgIpc) is 2.36. The molecule has 0 aromatic heterocycles. The Hall–Kier alpha value is -1.78. The summed E-state index contributed by atoms with van der Waals surface area (Å²) in [4.78, 5) is 0. The molecule has 0 heterocycles. The van der Waals surface area contributed by atoms with Crippen LogP contribution in [0, 0.1) is 12.3 Å². The van der Waals surface area contributed by atoms with Gasteiger partial charge in [0.25, 0.3) is 0 Å². The first-order chi connectivity index (χ1) is 9.08. The molecule has 0 atom stereocenters. The molecule has 0 fully saturated rings.